The molecule has 104 valence electrons. The van der Waals surface area contributed by atoms with Crippen LogP contribution >= 0.6 is 0 Å². The number of esters is 1. The average molecular weight is 271 g/mol. The fourth-order valence-electron chi connectivity index (χ4n) is 2.46. The minimum Gasteiger partial charge on any atom is -0.461 e. The first-order valence-electron chi connectivity index (χ1n) is 6.86. The molecule has 1 aliphatic heterocycles. The minimum absolute atomic E-state index is 0.351. The van der Waals surface area contributed by atoms with E-state index in [0.29, 0.717) is 12.3 Å². The van der Waals surface area contributed by atoms with Gasteiger partial charge in [0.25, 0.3) is 0 Å². The first-order chi connectivity index (χ1) is 9.79. The summed E-state index contributed by atoms with van der Waals surface area (Å²) in [5.74, 6) is -0.351. The van der Waals surface area contributed by atoms with Crippen molar-refractivity contribution in [2.45, 2.75) is 19.8 Å². The molecule has 0 amide bonds. The lowest BCUT2D eigenvalue weighted by Gasteiger charge is -2.19. The van der Waals surface area contributed by atoms with Gasteiger partial charge < -0.3 is 10.1 Å². The number of anilines is 1. The van der Waals surface area contributed by atoms with Crippen LogP contribution in [0.25, 0.3) is 5.69 Å². The predicted molar refractivity (Wildman–Crippen MR) is 76.3 cm³/mol. The van der Waals surface area contributed by atoms with Crippen LogP contribution in [0.2, 0.25) is 0 Å². The summed E-state index contributed by atoms with van der Waals surface area (Å²) in [6.45, 7) is 3.14. The van der Waals surface area contributed by atoms with Crippen LogP contribution in [-0.2, 0) is 11.2 Å². The number of rotatable bonds is 3. The second kappa shape index (κ2) is 5.36. The number of carbonyl (C=O) groups excluding carboxylic acids is 1. The molecule has 5 nitrogen and oxygen atoms in total. The van der Waals surface area contributed by atoms with Crippen molar-refractivity contribution in [1.29, 1.82) is 0 Å². The van der Waals surface area contributed by atoms with Gasteiger partial charge in [-0.3, -0.25) is 4.57 Å². The maximum absolute atomic E-state index is 11.9. The number of fused-ring (bicyclic) bond motifs is 1. The van der Waals surface area contributed by atoms with Crippen molar-refractivity contribution in [2.75, 3.05) is 18.5 Å². The zero-order chi connectivity index (χ0) is 13.9. The third-order valence-electron chi connectivity index (χ3n) is 3.43. The van der Waals surface area contributed by atoms with Gasteiger partial charge in [-0.05, 0) is 37.5 Å². The number of ether oxygens (including phenoxy) is 1. The van der Waals surface area contributed by atoms with Crippen LogP contribution in [0.15, 0.2) is 30.7 Å². The fourth-order valence-corrected chi connectivity index (χ4v) is 2.46. The lowest BCUT2D eigenvalue weighted by Crippen LogP contribution is -2.13. The molecule has 5 heteroatoms. The number of aromatic nitrogens is 2. The van der Waals surface area contributed by atoms with E-state index in [1.54, 1.807) is 17.8 Å². The number of nitrogens with one attached hydrogen (secondary N) is 1. The zero-order valence-corrected chi connectivity index (χ0v) is 11.4. The summed E-state index contributed by atoms with van der Waals surface area (Å²) in [6.07, 6.45) is 5.42. The van der Waals surface area contributed by atoms with Gasteiger partial charge in [-0.15, -0.1) is 0 Å². The molecule has 1 aliphatic rings. The third-order valence-corrected chi connectivity index (χ3v) is 3.43. The molecule has 1 aromatic carbocycles. The molecule has 0 spiro atoms. The van der Waals surface area contributed by atoms with Crippen LogP contribution in [0.5, 0.6) is 0 Å². The van der Waals surface area contributed by atoms with Crippen molar-refractivity contribution >= 4 is 11.7 Å². The van der Waals surface area contributed by atoms with E-state index in [9.17, 15) is 4.79 Å². The third kappa shape index (κ3) is 2.27. The summed E-state index contributed by atoms with van der Waals surface area (Å²) in [6, 6.07) is 6.17. The predicted octanol–water partition coefficient (Wildman–Crippen LogP) is 2.41. The molecule has 1 aromatic heterocycles. The summed E-state index contributed by atoms with van der Waals surface area (Å²) < 4.78 is 6.80. The Morgan fingerprint density at radius 1 is 1.50 bits per heavy atom. The van der Waals surface area contributed by atoms with Gasteiger partial charge in [-0.2, -0.15) is 0 Å². The highest BCUT2D eigenvalue weighted by Crippen LogP contribution is 2.25. The van der Waals surface area contributed by atoms with Crippen LogP contribution in [-0.4, -0.2) is 28.7 Å². The van der Waals surface area contributed by atoms with E-state index in [2.05, 4.69) is 22.4 Å². The number of nitrogens with zero attached hydrogens (tertiary/aromatic N) is 2. The van der Waals surface area contributed by atoms with Gasteiger partial charge in [0.2, 0.25) is 0 Å². The molecular formula is C15H17N3O2. The lowest BCUT2D eigenvalue weighted by atomic mass is 10.0. The number of hydrogen-bond acceptors (Lipinski definition) is 4. The molecular weight excluding hydrogens is 254 g/mol. The topological polar surface area (TPSA) is 56.1 Å². The Morgan fingerprint density at radius 2 is 2.40 bits per heavy atom. The molecule has 20 heavy (non-hydrogen) atoms. The number of hydrogen-bond donors (Lipinski definition) is 1. The first-order valence-corrected chi connectivity index (χ1v) is 6.86. The maximum Gasteiger partial charge on any atom is 0.356 e. The van der Waals surface area contributed by atoms with Gasteiger partial charge in [-0.25, -0.2) is 9.78 Å². The molecule has 0 saturated heterocycles. The molecule has 0 fully saturated rings. The van der Waals surface area contributed by atoms with Crippen molar-refractivity contribution in [1.82, 2.24) is 9.55 Å². The highest BCUT2D eigenvalue weighted by atomic mass is 16.5. The monoisotopic (exact) mass is 271 g/mol. The molecule has 0 unspecified atom stereocenters. The van der Waals surface area contributed by atoms with Crippen LogP contribution in [0.1, 0.15) is 29.4 Å². The standard InChI is InChI=1S/C15H17N3O2/c1-2-20-15(19)14-9-16-10-18(14)12-6-5-11-4-3-7-17-13(11)8-12/h5-6,8-10,17H,2-4,7H2,1H3. The SMILES string of the molecule is CCOC(=O)c1cncn1-c1ccc2c(c1)NCCC2. The van der Waals surface area contributed by atoms with E-state index in [-0.39, 0.29) is 5.97 Å². The second-order valence-electron chi connectivity index (χ2n) is 4.74. The summed E-state index contributed by atoms with van der Waals surface area (Å²) in [7, 11) is 0. The largest absolute Gasteiger partial charge is 0.461 e. The fraction of sp³-hybridized carbons (Fsp3) is 0.333. The average Bonchev–Trinajstić information content (AvgIpc) is 2.96. The number of imidazole rings is 1. The number of aryl methyl sites for hydroxylation is 1. The second-order valence-corrected chi connectivity index (χ2v) is 4.74. The smallest absolute Gasteiger partial charge is 0.356 e. The molecule has 2 aromatic rings. The molecule has 0 saturated carbocycles. The van der Waals surface area contributed by atoms with E-state index in [1.807, 2.05) is 6.07 Å². The van der Waals surface area contributed by atoms with Gasteiger partial charge in [0.1, 0.15) is 0 Å². The van der Waals surface area contributed by atoms with Crippen LogP contribution in [0.4, 0.5) is 5.69 Å². The summed E-state index contributed by atoms with van der Waals surface area (Å²) in [5.41, 5.74) is 3.82. The van der Waals surface area contributed by atoms with Crippen molar-refractivity contribution in [3.8, 4) is 5.69 Å². The molecule has 0 atom stereocenters. The maximum atomic E-state index is 11.9. The molecule has 0 aliphatic carbocycles. The highest BCUT2D eigenvalue weighted by Gasteiger charge is 2.15. The van der Waals surface area contributed by atoms with E-state index in [0.717, 1.165) is 30.8 Å². The Hall–Kier alpha value is -2.30. The van der Waals surface area contributed by atoms with E-state index >= 15 is 0 Å². The molecule has 0 radical (unpaired) electrons. The Kier molecular flexibility index (Phi) is 3.41. The Morgan fingerprint density at radius 3 is 3.25 bits per heavy atom. The van der Waals surface area contributed by atoms with Crippen LogP contribution in [0.3, 0.4) is 0 Å². The number of benzene rings is 1. The minimum atomic E-state index is -0.351. The van der Waals surface area contributed by atoms with Crippen LogP contribution in [0, 0.1) is 0 Å². The van der Waals surface area contributed by atoms with Gasteiger partial charge in [0.15, 0.2) is 5.69 Å². The van der Waals surface area contributed by atoms with E-state index in [4.69, 9.17) is 4.74 Å². The quantitative estimate of drug-likeness (QED) is 0.871. The van der Waals surface area contributed by atoms with Crippen LogP contribution < -0.4 is 5.32 Å². The molecule has 1 N–H and O–H groups in total. The molecule has 2 heterocycles. The van der Waals surface area contributed by atoms with Crippen molar-refractivity contribution in [2.24, 2.45) is 0 Å². The van der Waals surface area contributed by atoms with E-state index in [1.165, 1.54) is 11.8 Å². The Labute approximate surface area is 117 Å². The Bertz CT molecular complexity index is 634. The van der Waals surface area contributed by atoms with Gasteiger partial charge in [-0.1, -0.05) is 6.07 Å². The summed E-state index contributed by atoms with van der Waals surface area (Å²) in [4.78, 5) is 15.9. The van der Waals surface area contributed by atoms with Crippen molar-refractivity contribution in [3.63, 3.8) is 0 Å². The number of carbonyl (C=O) groups is 1. The lowest BCUT2D eigenvalue weighted by molar-refractivity contribution is 0.0517. The van der Waals surface area contributed by atoms with E-state index < -0.39 is 0 Å². The van der Waals surface area contributed by atoms with Gasteiger partial charge >= 0.3 is 5.97 Å². The van der Waals surface area contributed by atoms with Gasteiger partial charge in [0.05, 0.1) is 19.1 Å². The Balaban J connectivity index is 1.97. The summed E-state index contributed by atoms with van der Waals surface area (Å²) >= 11 is 0. The molecule has 3 rings (SSSR count). The van der Waals surface area contributed by atoms with Gasteiger partial charge in [0, 0.05) is 17.9 Å². The molecule has 0 bridgehead atoms. The normalized spacial score (nSPS) is 13.4. The zero-order valence-electron chi connectivity index (χ0n) is 11.4. The first kappa shape index (κ1) is 12.7. The van der Waals surface area contributed by atoms with Crippen molar-refractivity contribution in [3.05, 3.63) is 42.0 Å². The summed E-state index contributed by atoms with van der Waals surface area (Å²) in [5, 5.41) is 3.39. The highest BCUT2D eigenvalue weighted by molar-refractivity contribution is 5.88. The van der Waals surface area contributed by atoms with Crippen molar-refractivity contribution < 1.29 is 9.53 Å².